The second kappa shape index (κ2) is 8.70. The Morgan fingerprint density at radius 3 is 2.48 bits per heavy atom. The number of benzene rings is 2. The number of hydrogen-bond acceptors (Lipinski definition) is 4. The molecule has 0 amide bonds. The van der Waals surface area contributed by atoms with Crippen molar-refractivity contribution >= 4 is 5.69 Å². The van der Waals surface area contributed by atoms with Gasteiger partial charge in [0.2, 0.25) is 0 Å². The third-order valence-corrected chi connectivity index (χ3v) is 5.82. The predicted octanol–water partition coefficient (Wildman–Crippen LogP) is 4.42. The van der Waals surface area contributed by atoms with E-state index in [9.17, 15) is 0 Å². The minimum absolute atomic E-state index is 0.330. The summed E-state index contributed by atoms with van der Waals surface area (Å²) in [6, 6.07) is 18.0. The molecule has 1 N–H and O–H groups in total. The van der Waals surface area contributed by atoms with Crippen LogP contribution in [0.25, 0.3) is 11.1 Å². The van der Waals surface area contributed by atoms with Gasteiger partial charge in [-0.1, -0.05) is 24.3 Å². The van der Waals surface area contributed by atoms with Gasteiger partial charge in [-0.3, -0.25) is 4.68 Å². The maximum atomic E-state index is 5.38. The zero-order valence-corrected chi connectivity index (χ0v) is 17.5. The number of aryl methyl sites for hydroxylation is 1. The fourth-order valence-electron chi connectivity index (χ4n) is 4.10. The first kappa shape index (κ1) is 19.5. The molecule has 2 aromatic carbocycles. The largest absolute Gasteiger partial charge is 0.497 e. The van der Waals surface area contributed by atoms with Gasteiger partial charge in [-0.05, 0) is 55.2 Å². The van der Waals surface area contributed by atoms with Crippen LogP contribution in [0.3, 0.4) is 0 Å². The van der Waals surface area contributed by atoms with Crippen LogP contribution in [0.2, 0.25) is 0 Å². The molecule has 3 aromatic rings. The van der Waals surface area contributed by atoms with Gasteiger partial charge in [-0.25, -0.2) is 0 Å². The molecular formula is C24H30N4O. The van der Waals surface area contributed by atoms with Crippen molar-refractivity contribution < 1.29 is 4.74 Å². The molecule has 0 spiro atoms. The molecule has 0 radical (unpaired) electrons. The second-order valence-corrected chi connectivity index (χ2v) is 7.88. The minimum atomic E-state index is 0.330. The van der Waals surface area contributed by atoms with Crippen molar-refractivity contribution in [2.75, 3.05) is 25.1 Å². The lowest BCUT2D eigenvalue weighted by atomic mass is 10.0. The topological polar surface area (TPSA) is 42.3 Å². The van der Waals surface area contributed by atoms with Crippen LogP contribution in [0.15, 0.2) is 60.9 Å². The fraction of sp³-hybridized carbons (Fsp3) is 0.375. The van der Waals surface area contributed by atoms with Crippen LogP contribution in [-0.4, -0.2) is 36.0 Å². The number of nitrogens with one attached hydrogen (secondary N) is 1. The summed E-state index contributed by atoms with van der Waals surface area (Å²) in [6.07, 6.45) is 6.34. The molecule has 5 nitrogen and oxygen atoms in total. The van der Waals surface area contributed by atoms with Crippen LogP contribution >= 0.6 is 0 Å². The standard InChI is InChI=1S/C24H30N4O/c1-18(21-16-25-27(2)17-21)26-22-10-12-28(13-11-22)23-8-4-6-19(14-23)20-7-5-9-24(15-20)29-3/h4-9,14-18,22,26H,10-13H2,1-3H3/t18-/m1/s1. The van der Waals surface area contributed by atoms with E-state index < -0.39 is 0 Å². The molecule has 2 heterocycles. The highest BCUT2D eigenvalue weighted by molar-refractivity contribution is 5.69. The number of piperidine rings is 1. The van der Waals surface area contributed by atoms with E-state index in [0.29, 0.717) is 12.1 Å². The molecule has 1 fully saturated rings. The Hall–Kier alpha value is -2.79. The average Bonchev–Trinajstić information content (AvgIpc) is 3.21. The molecule has 5 heteroatoms. The van der Waals surface area contributed by atoms with Gasteiger partial charge in [-0.2, -0.15) is 5.10 Å². The van der Waals surface area contributed by atoms with Gasteiger partial charge in [-0.15, -0.1) is 0 Å². The zero-order chi connectivity index (χ0) is 20.2. The normalized spacial score (nSPS) is 16.0. The lowest BCUT2D eigenvalue weighted by Crippen LogP contribution is -2.43. The third-order valence-electron chi connectivity index (χ3n) is 5.82. The Morgan fingerprint density at radius 1 is 1.07 bits per heavy atom. The van der Waals surface area contributed by atoms with E-state index in [2.05, 4.69) is 64.8 Å². The number of ether oxygens (including phenoxy) is 1. The summed E-state index contributed by atoms with van der Waals surface area (Å²) >= 11 is 0. The second-order valence-electron chi connectivity index (χ2n) is 7.88. The molecule has 1 saturated heterocycles. The summed E-state index contributed by atoms with van der Waals surface area (Å²) in [5.74, 6) is 0.891. The molecule has 0 unspecified atom stereocenters. The fourth-order valence-corrected chi connectivity index (χ4v) is 4.10. The Labute approximate surface area is 173 Å². The van der Waals surface area contributed by atoms with E-state index in [0.717, 1.165) is 31.7 Å². The summed E-state index contributed by atoms with van der Waals surface area (Å²) in [7, 11) is 3.68. The molecule has 4 rings (SSSR count). The van der Waals surface area contributed by atoms with Crippen molar-refractivity contribution in [1.29, 1.82) is 0 Å². The molecule has 1 aromatic heterocycles. The van der Waals surface area contributed by atoms with E-state index in [1.165, 1.54) is 22.4 Å². The monoisotopic (exact) mass is 390 g/mol. The molecule has 29 heavy (non-hydrogen) atoms. The molecule has 0 saturated carbocycles. The first-order valence-electron chi connectivity index (χ1n) is 10.4. The predicted molar refractivity (Wildman–Crippen MR) is 118 cm³/mol. The average molecular weight is 391 g/mol. The summed E-state index contributed by atoms with van der Waals surface area (Å²) in [5.41, 5.74) is 4.96. The van der Waals surface area contributed by atoms with Gasteiger partial charge in [0.05, 0.1) is 13.3 Å². The van der Waals surface area contributed by atoms with Gasteiger partial charge in [0, 0.05) is 49.7 Å². The summed E-state index contributed by atoms with van der Waals surface area (Å²) in [5, 5.41) is 8.06. The smallest absolute Gasteiger partial charge is 0.119 e. The van der Waals surface area contributed by atoms with Crippen LogP contribution < -0.4 is 15.0 Å². The highest BCUT2D eigenvalue weighted by Crippen LogP contribution is 2.29. The minimum Gasteiger partial charge on any atom is -0.497 e. The lowest BCUT2D eigenvalue weighted by molar-refractivity contribution is 0.381. The van der Waals surface area contributed by atoms with Crippen molar-refractivity contribution in [2.45, 2.75) is 31.8 Å². The molecule has 0 bridgehead atoms. The van der Waals surface area contributed by atoms with Crippen molar-refractivity contribution in [3.05, 3.63) is 66.5 Å². The highest BCUT2D eigenvalue weighted by atomic mass is 16.5. The highest BCUT2D eigenvalue weighted by Gasteiger charge is 2.21. The first-order chi connectivity index (χ1) is 14.1. The van der Waals surface area contributed by atoms with Gasteiger partial charge in [0.1, 0.15) is 5.75 Å². The SMILES string of the molecule is COc1cccc(-c2cccc(N3CCC(N[C@H](C)c4cnn(C)c4)CC3)c2)c1. The molecule has 0 aliphatic carbocycles. The van der Waals surface area contributed by atoms with Crippen LogP contribution in [0.1, 0.15) is 31.4 Å². The Morgan fingerprint density at radius 2 is 1.79 bits per heavy atom. The number of rotatable bonds is 6. The van der Waals surface area contributed by atoms with Crippen LogP contribution in [0.4, 0.5) is 5.69 Å². The Kier molecular flexibility index (Phi) is 5.86. The Balaban J connectivity index is 1.38. The van der Waals surface area contributed by atoms with Gasteiger partial charge in [0.25, 0.3) is 0 Å². The van der Waals surface area contributed by atoms with E-state index in [1.807, 2.05) is 30.1 Å². The van der Waals surface area contributed by atoms with E-state index >= 15 is 0 Å². The van der Waals surface area contributed by atoms with Crippen molar-refractivity contribution in [3.8, 4) is 16.9 Å². The number of aromatic nitrogens is 2. The quantitative estimate of drug-likeness (QED) is 0.677. The lowest BCUT2D eigenvalue weighted by Gasteiger charge is -2.35. The summed E-state index contributed by atoms with van der Waals surface area (Å²) in [4.78, 5) is 2.50. The van der Waals surface area contributed by atoms with Crippen molar-refractivity contribution in [2.24, 2.45) is 7.05 Å². The van der Waals surface area contributed by atoms with Gasteiger partial charge < -0.3 is 15.0 Å². The van der Waals surface area contributed by atoms with E-state index in [1.54, 1.807) is 7.11 Å². The van der Waals surface area contributed by atoms with Crippen molar-refractivity contribution in [1.82, 2.24) is 15.1 Å². The number of hydrogen-bond donors (Lipinski definition) is 1. The molecule has 1 aliphatic rings. The van der Waals surface area contributed by atoms with Gasteiger partial charge in [0.15, 0.2) is 0 Å². The number of nitrogens with zero attached hydrogens (tertiary/aromatic N) is 3. The van der Waals surface area contributed by atoms with Crippen LogP contribution in [0, 0.1) is 0 Å². The maximum Gasteiger partial charge on any atom is 0.119 e. The zero-order valence-electron chi connectivity index (χ0n) is 17.5. The molecule has 1 aliphatic heterocycles. The number of methoxy groups -OCH3 is 1. The number of anilines is 1. The van der Waals surface area contributed by atoms with E-state index in [-0.39, 0.29) is 0 Å². The van der Waals surface area contributed by atoms with Crippen molar-refractivity contribution in [3.63, 3.8) is 0 Å². The molecule has 152 valence electrons. The van der Waals surface area contributed by atoms with Crippen LogP contribution in [-0.2, 0) is 7.05 Å². The molecular weight excluding hydrogens is 360 g/mol. The third kappa shape index (κ3) is 4.62. The maximum absolute atomic E-state index is 5.38. The first-order valence-corrected chi connectivity index (χ1v) is 10.4. The molecule has 1 atom stereocenters. The summed E-state index contributed by atoms with van der Waals surface area (Å²) < 4.78 is 7.24. The summed E-state index contributed by atoms with van der Waals surface area (Å²) in [6.45, 7) is 4.36. The van der Waals surface area contributed by atoms with Gasteiger partial charge >= 0.3 is 0 Å². The Bertz CT molecular complexity index is 943. The van der Waals surface area contributed by atoms with Crippen LogP contribution in [0.5, 0.6) is 5.75 Å². The van der Waals surface area contributed by atoms with E-state index in [4.69, 9.17) is 4.74 Å².